The van der Waals surface area contributed by atoms with Crippen molar-refractivity contribution in [1.82, 2.24) is 19.5 Å². The lowest BCUT2D eigenvalue weighted by Crippen LogP contribution is -2.01. The topological polar surface area (TPSA) is 56.7 Å². The molecule has 0 unspecified atom stereocenters. The Hall–Kier alpha value is -8.23. The smallest absolute Gasteiger partial charge is 0.165 e. The molecular weight excluding hydrogens is 845 g/mol. The highest BCUT2D eigenvalue weighted by molar-refractivity contribution is 7.26. The second-order valence-electron chi connectivity index (χ2n) is 17.0. The molecule has 0 saturated carbocycles. The molecule has 0 bridgehead atoms. The zero-order chi connectivity index (χ0) is 43.0. The summed E-state index contributed by atoms with van der Waals surface area (Å²) in [6.45, 7) is 0. The van der Waals surface area contributed by atoms with Gasteiger partial charge in [-0.15, -0.1) is 22.7 Å². The van der Waals surface area contributed by atoms with E-state index in [1.165, 1.54) is 63.3 Å². The van der Waals surface area contributed by atoms with Gasteiger partial charge in [0.25, 0.3) is 0 Å². The molecule has 306 valence electrons. The molecule has 15 rings (SSSR count). The average Bonchev–Trinajstić information content (AvgIpc) is 4.14. The van der Waals surface area contributed by atoms with E-state index in [4.69, 9.17) is 19.4 Å². The maximum Gasteiger partial charge on any atom is 0.165 e. The number of hydrogen-bond donors (Lipinski definition) is 0. The first-order valence-electron chi connectivity index (χ1n) is 22.1. The van der Waals surface area contributed by atoms with Crippen LogP contribution in [-0.4, -0.2) is 19.5 Å². The first-order chi connectivity index (χ1) is 32.7. The highest BCUT2D eigenvalue weighted by Gasteiger charge is 2.25. The monoisotopic (exact) mass is 876 g/mol. The van der Waals surface area contributed by atoms with Crippen molar-refractivity contribution in [2.75, 3.05) is 0 Å². The van der Waals surface area contributed by atoms with Crippen LogP contribution in [0.4, 0.5) is 0 Å². The largest absolute Gasteiger partial charge is 0.454 e. The lowest BCUT2D eigenvalue weighted by atomic mass is 10.0. The van der Waals surface area contributed by atoms with Gasteiger partial charge in [0.2, 0.25) is 0 Å². The second-order valence-corrected chi connectivity index (χ2v) is 19.1. The second kappa shape index (κ2) is 13.6. The first-order valence-corrected chi connectivity index (χ1v) is 23.7. The van der Waals surface area contributed by atoms with Gasteiger partial charge >= 0.3 is 0 Å². The van der Waals surface area contributed by atoms with E-state index in [0.717, 1.165) is 64.7 Å². The fourth-order valence-corrected chi connectivity index (χ4v) is 12.9. The lowest BCUT2D eigenvalue weighted by molar-refractivity contribution is 0.666. The number of para-hydroxylation sites is 1. The zero-order valence-electron chi connectivity index (χ0n) is 35.0. The number of nitrogens with zero attached hydrogens (tertiary/aromatic N) is 4. The average molecular weight is 877 g/mol. The minimum absolute atomic E-state index is 0.591. The van der Waals surface area contributed by atoms with Gasteiger partial charge in [-0.05, 0) is 70.8 Å². The van der Waals surface area contributed by atoms with Crippen molar-refractivity contribution >= 4 is 128 Å². The van der Waals surface area contributed by atoms with Crippen LogP contribution in [0.5, 0.6) is 0 Å². The van der Waals surface area contributed by atoms with Gasteiger partial charge in [-0.1, -0.05) is 140 Å². The van der Waals surface area contributed by atoms with Crippen molar-refractivity contribution in [3.63, 3.8) is 0 Å². The summed E-state index contributed by atoms with van der Waals surface area (Å²) in [7, 11) is 0. The summed E-state index contributed by atoms with van der Waals surface area (Å²) in [4.78, 5) is 16.4. The summed E-state index contributed by atoms with van der Waals surface area (Å²) < 4.78 is 14.3. The number of thiophene rings is 2. The normalized spacial score (nSPS) is 12.2. The van der Waals surface area contributed by atoms with Crippen LogP contribution in [0.3, 0.4) is 0 Å². The Balaban J connectivity index is 1.05. The van der Waals surface area contributed by atoms with E-state index < -0.39 is 0 Å². The van der Waals surface area contributed by atoms with Crippen LogP contribution >= 0.6 is 22.7 Å². The van der Waals surface area contributed by atoms with E-state index in [1.807, 2.05) is 6.07 Å². The van der Waals surface area contributed by atoms with Crippen LogP contribution < -0.4 is 0 Å². The fraction of sp³-hybridized carbons (Fsp3) is 0. The van der Waals surface area contributed by atoms with Gasteiger partial charge in [0.1, 0.15) is 5.58 Å². The van der Waals surface area contributed by atoms with E-state index in [0.29, 0.717) is 17.5 Å². The van der Waals surface area contributed by atoms with Gasteiger partial charge in [0, 0.05) is 84.0 Å². The highest BCUT2D eigenvalue weighted by Crippen LogP contribution is 2.46. The van der Waals surface area contributed by atoms with Crippen LogP contribution in [0.15, 0.2) is 199 Å². The van der Waals surface area contributed by atoms with E-state index in [2.05, 4.69) is 193 Å². The maximum absolute atomic E-state index is 7.09. The Kier molecular flexibility index (Phi) is 7.47. The molecule has 0 N–H and O–H groups in total. The van der Waals surface area contributed by atoms with Gasteiger partial charge in [-0.25, -0.2) is 15.0 Å². The predicted octanol–water partition coefficient (Wildman–Crippen LogP) is 16.9. The lowest BCUT2D eigenvalue weighted by Gasteiger charge is -2.14. The molecule has 5 aromatic heterocycles. The molecule has 10 aromatic carbocycles. The molecule has 0 amide bonds. The Morgan fingerprint density at radius 2 is 0.924 bits per heavy atom. The summed E-state index contributed by atoms with van der Waals surface area (Å²) in [5.41, 5.74) is 7.64. The molecule has 7 heteroatoms. The Morgan fingerprint density at radius 1 is 0.379 bits per heavy atom. The number of benzene rings is 10. The van der Waals surface area contributed by atoms with Crippen LogP contribution in [0.2, 0.25) is 0 Å². The first kappa shape index (κ1) is 36.1. The zero-order valence-corrected chi connectivity index (χ0v) is 36.6. The quantitative estimate of drug-likeness (QED) is 0.177. The van der Waals surface area contributed by atoms with Crippen LogP contribution in [0.25, 0.3) is 145 Å². The maximum atomic E-state index is 7.09. The van der Waals surface area contributed by atoms with Crippen LogP contribution in [-0.2, 0) is 0 Å². The molecule has 5 nitrogen and oxygen atoms in total. The molecule has 0 aliphatic heterocycles. The molecule has 0 spiro atoms. The van der Waals surface area contributed by atoms with Crippen molar-refractivity contribution in [3.05, 3.63) is 194 Å². The Bertz CT molecular complexity index is 4420. The number of hydrogen-bond acceptors (Lipinski definition) is 6. The van der Waals surface area contributed by atoms with Crippen molar-refractivity contribution < 1.29 is 4.42 Å². The predicted molar refractivity (Wildman–Crippen MR) is 279 cm³/mol. The third kappa shape index (κ3) is 5.12. The molecular formula is C59H32N4OS2. The van der Waals surface area contributed by atoms with Crippen molar-refractivity contribution in [3.8, 4) is 39.9 Å². The van der Waals surface area contributed by atoms with Crippen LogP contribution in [0, 0.1) is 0 Å². The summed E-state index contributed by atoms with van der Waals surface area (Å²) in [6, 6.07) is 69.5. The van der Waals surface area contributed by atoms with Gasteiger partial charge < -0.3 is 8.98 Å². The molecule has 0 atom stereocenters. The molecule has 15 aromatic rings. The Morgan fingerprint density at radius 3 is 1.61 bits per heavy atom. The SMILES string of the molecule is c1ccc2cc3c(cc2c1)c1ccc2ccccc2c1n3-c1ccc(-c2nc(-c3cccc4c3sc3ccccc34)nc(-c3cccc4c3sc3ccccc34)n2)c2c1oc1ccccc12. The van der Waals surface area contributed by atoms with Crippen molar-refractivity contribution in [2.24, 2.45) is 0 Å². The fourth-order valence-electron chi connectivity index (χ4n) is 10.5. The minimum Gasteiger partial charge on any atom is -0.454 e. The summed E-state index contributed by atoms with van der Waals surface area (Å²) >= 11 is 3.57. The van der Waals surface area contributed by atoms with Gasteiger partial charge in [-0.3, -0.25) is 0 Å². The summed E-state index contributed by atoms with van der Waals surface area (Å²) in [6.07, 6.45) is 0. The van der Waals surface area contributed by atoms with Gasteiger partial charge in [0.15, 0.2) is 23.1 Å². The number of furan rings is 1. The third-order valence-electron chi connectivity index (χ3n) is 13.4. The third-order valence-corrected chi connectivity index (χ3v) is 15.9. The summed E-state index contributed by atoms with van der Waals surface area (Å²) in [5, 5.41) is 14.0. The summed E-state index contributed by atoms with van der Waals surface area (Å²) in [5.74, 6) is 1.86. The standard InChI is InChI=1S/C59H32N4OS2/c1-2-15-35-32-48-46(31-34(35)14-1)39-28-27-33-13-3-4-16-36(33)53(39)63(48)47-30-29-43(52-42-19-5-8-24-49(42)64-54(47)52)57-60-58(44-22-11-20-40-37-17-6-9-25-50(37)65-55(40)44)62-59(61-57)45-23-12-21-41-38-18-7-10-26-51(38)66-56(41)45/h1-32H. The number of rotatable bonds is 4. The molecule has 0 saturated heterocycles. The van der Waals surface area contributed by atoms with Crippen molar-refractivity contribution in [1.29, 1.82) is 0 Å². The van der Waals surface area contributed by atoms with Gasteiger partial charge in [0.05, 0.1) is 16.7 Å². The van der Waals surface area contributed by atoms with E-state index in [-0.39, 0.29) is 0 Å². The highest BCUT2D eigenvalue weighted by atomic mass is 32.1. The molecule has 0 aliphatic carbocycles. The molecule has 0 fully saturated rings. The van der Waals surface area contributed by atoms with Gasteiger partial charge in [-0.2, -0.15) is 0 Å². The number of fused-ring (bicyclic) bond motifs is 15. The minimum atomic E-state index is 0.591. The molecule has 0 radical (unpaired) electrons. The van der Waals surface area contributed by atoms with Crippen molar-refractivity contribution in [2.45, 2.75) is 0 Å². The van der Waals surface area contributed by atoms with E-state index in [9.17, 15) is 0 Å². The molecule has 5 heterocycles. The van der Waals surface area contributed by atoms with Crippen LogP contribution in [0.1, 0.15) is 0 Å². The number of aromatic nitrogens is 4. The van der Waals surface area contributed by atoms with E-state index in [1.54, 1.807) is 22.7 Å². The Labute approximate surface area is 384 Å². The molecule has 66 heavy (non-hydrogen) atoms. The molecule has 0 aliphatic rings. The van der Waals surface area contributed by atoms with E-state index >= 15 is 0 Å².